The Hall–Kier alpha value is -3.34. The molecule has 0 aliphatic rings. The van der Waals surface area contributed by atoms with Crippen LogP contribution in [0.25, 0.3) is 0 Å². The molecule has 0 amide bonds. The second-order valence-corrected chi connectivity index (χ2v) is 5.20. The number of anilines is 2. The fourth-order valence-corrected chi connectivity index (χ4v) is 2.27. The molecule has 3 aromatic rings. The molecule has 120 valence electrons. The van der Waals surface area contributed by atoms with Crippen molar-refractivity contribution in [2.45, 2.75) is 6.61 Å². The molecule has 0 radical (unpaired) electrons. The Kier molecular flexibility index (Phi) is 4.72. The minimum atomic E-state index is -0.403. The number of nitro benzene ring substituents is 1. The van der Waals surface area contributed by atoms with E-state index in [0.29, 0.717) is 12.3 Å². The fraction of sp³-hybridized carbons (Fsp3) is 0.0526. The summed E-state index contributed by atoms with van der Waals surface area (Å²) in [6.07, 6.45) is 0. The van der Waals surface area contributed by atoms with Crippen molar-refractivity contribution in [2.24, 2.45) is 0 Å². The molecule has 0 heterocycles. The van der Waals surface area contributed by atoms with Gasteiger partial charge in [0, 0.05) is 11.8 Å². The van der Waals surface area contributed by atoms with Gasteiger partial charge in [-0.3, -0.25) is 10.1 Å². The first-order valence-electron chi connectivity index (χ1n) is 7.49. The summed E-state index contributed by atoms with van der Waals surface area (Å²) < 4.78 is 5.72. The topological polar surface area (TPSA) is 64.4 Å². The van der Waals surface area contributed by atoms with Gasteiger partial charge in [-0.05, 0) is 35.9 Å². The normalized spacial score (nSPS) is 10.2. The zero-order valence-electron chi connectivity index (χ0n) is 12.9. The molecule has 0 unspecified atom stereocenters. The molecule has 0 bridgehead atoms. The Balaban J connectivity index is 1.66. The number of hydrogen-bond acceptors (Lipinski definition) is 4. The van der Waals surface area contributed by atoms with Crippen LogP contribution in [0.1, 0.15) is 5.56 Å². The van der Waals surface area contributed by atoms with E-state index in [4.69, 9.17) is 4.74 Å². The van der Waals surface area contributed by atoms with Crippen molar-refractivity contribution < 1.29 is 9.66 Å². The average Bonchev–Trinajstić information content (AvgIpc) is 2.62. The Morgan fingerprint density at radius 1 is 0.875 bits per heavy atom. The van der Waals surface area contributed by atoms with Crippen molar-refractivity contribution in [2.75, 3.05) is 5.32 Å². The SMILES string of the molecule is O=[N+]([O-])c1ccccc1Nc1ccc(OCc2ccccc2)cc1. The predicted molar refractivity (Wildman–Crippen MR) is 93.6 cm³/mol. The summed E-state index contributed by atoms with van der Waals surface area (Å²) >= 11 is 0. The largest absolute Gasteiger partial charge is 0.489 e. The molecule has 0 spiro atoms. The van der Waals surface area contributed by atoms with Crippen LogP contribution in [0.3, 0.4) is 0 Å². The number of ether oxygens (including phenoxy) is 1. The molecule has 24 heavy (non-hydrogen) atoms. The van der Waals surface area contributed by atoms with Crippen LogP contribution < -0.4 is 10.1 Å². The highest BCUT2D eigenvalue weighted by atomic mass is 16.6. The summed E-state index contributed by atoms with van der Waals surface area (Å²) in [5, 5.41) is 14.1. The van der Waals surface area contributed by atoms with Crippen LogP contribution in [-0.4, -0.2) is 4.92 Å². The lowest BCUT2D eigenvalue weighted by molar-refractivity contribution is -0.383. The Bertz CT molecular complexity index is 818. The minimum absolute atomic E-state index is 0.0434. The summed E-state index contributed by atoms with van der Waals surface area (Å²) in [7, 11) is 0. The van der Waals surface area contributed by atoms with Gasteiger partial charge in [-0.25, -0.2) is 0 Å². The standard InChI is InChI=1S/C19H16N2O3/c22-21(23)19-9-5-4-8-18(19)20-16-10-12-17(13-11-16)24-14-15-6-2-1-3-7-15/h1-13,20H,14H2. The Labute approximate surface area is 139 Å². The van der Waals surface area contributed by atoms with Crippen molar-refractivity contribution in [3.8, 4) is 5.75 Å². The molecular weight excluding hydrogens is 304 g/mol. The third-order valence-electron chi connectivity index (χ3n) is 3.48. The second-order valence-electron chi connectivity index (χ2n) is 5.20. The van der Waals surface area contributed by atoms with Crippen molar-refractivity contribution >= 4 is 17.1 Å². The molecule has 0 fully saturated rings. The summed E-state index contributed by atoms with van der Waals surface area (Å²) in [5.41, 5.74) is 2.36. The zero-order chi connectivity index (χ0) is 16.8. The number of benzene rings is 3. The minimum Gasteiger partial charge on any atom is -0.489 e. The molecule has 3 rings (SSSR count). The summed E-state index contributed by atoms with van der Waals surface area (Å²) in [6, 6.07) is 23.8. The van der Waals surface area contributed by atoms with Gasteiger partial charge in [-0.15, -0.1) is 0 Å². The average molecular weight is 320 g/mol. The first-order chi connectivity index (χ1) is 11.7. The van der Waals surface area contributed by atoms with Gasteiger partial charge < -0.3 is 10.1 Å². The third-order valence-corrected chi connectivity index (χ3v) is 3.48. The van der Waals surface area contributed by atoms with Crippen LogP contribution in [0, 0.1) is 10.1 Å². The lowest BCUT2D eigenvalue weighted by Gasteiger charge is -2.09. The first-order valence-corrected chi connectivity index (χ1v) is 7.49. The lowest BCUT2D eigenvalue weighted by Crippen LogP contribution is -1.97. The van der Waals surface area contributed by atoms with Gasteiger partial charge in [0.15, 0.2) is 0 Å². The van der Waals surface area contributed by atoms with Crippen LogP contribution >= 0.6 is 0 Å². The first kappa shape index (κ1) is 15.6. The molecule has 3 aromatic carbocycles. The van der Waals surface area contributed by atoms with Gasteiger partial charge in [0.25, 0.3) is 5.69 Å². The molecule has 1 N–H and O–H groups in total. The second kappa shape index (κ2) is 7.28. The van der Waals surface area contributed by atoms with Gasteiger partial charge in [-0.2, -0.15) is 0 Å². The lowest BCUT2D eigenvalue weighted by atomic mass is 10.2. The number of rotatable bonds is 6. The monoisotopic (exact) mass is 320 g/mol. The summed E-state index contributed by atoms with van der Waals surface area (Å²) in [4.78, 5) is 10.6. The van der Waals surface area contributed by atoms with Crippen LogP contribution in [0.4, 0.5) is 17.1 Å². The van der Waals surface area contributed by atoms with Crippen molar-refractivity contribution in [1.82, 2.24) is 0 Å². The molecule has 0 saturated heterocycles. The van der Waals surface area contributed by atoms with E-state index in [-0.39, 0.29) is 5.69 Å². The van der Waals surface area contributed by atoms with Crippen molar-refractivity contribution in [3.63, 3.8) is 0 Å². The van der Waals surface area contributed by atoms with E-state index in [2.05, 4.69) is 5.32 Å². The van der Waals surface area contributed by atoms with Gasteiger partial charge in [0.2, 0.25) is 0 Å². The molecule has 0 atom stereocenters. The number of nitro groups is 1. The maximum absolute atomic E-state index is 11.0. The summed E-state index contributed by atoms with van der Waals surface area (Å²) in [5.74, 6) is 0.743. The highest BCUT2D eigenvalue weighted by Gasteiger charge is 2.12. The quantitative estimate of drug-likeness (QED) is 0.517. The maximum Gasteiger partial charge on any atom is 0.292 e. The van der Waals surface area contributed by atoms with E-state index in [1.54, 1.807) is 18.2 Å². The van der Waals surface area contributed by atoms with E-state index in [9.17, 15) is 10.1 Å². The number of hydrogen-bond donors (Lipinski definition) is 1. The number of nitrogens with zero attached hydrogens (tertiary/aromatic N) is 1. The number of nitrogens with one attached hydrogen (secondary N) is 1. The van der Waals surface area contributed by atoms with Crippen LogP contribution in [0.15, 0.2) is 78.9 Å². The molecular formula is C19H16N2O3. The van der Waals surface area contributed by atoms with Gasteiger partial charge >= 0.3 is 0 Å². The van der Waals surface area contributed by atoms with Gasteiger partial charge in [0.1, 0.15) is 18.0 Å². The van der Waals surface area contributed by atoms with Crippen molar-refractivity contribution in [1.29, 1.82) is 0 Å². The molecule has 0 aliphatic carbocycles. The zero-order valence-corrected chi connectivity index (χ0v) is 12.9. The molecule has 0 aromatic heterocycles. The van der Waals surface area contributed by atoms with E-state index in [1.807, 2.05) is 54.6 Å². The van der Waals surface area contributed by atoms with Crippen LogP contribution in [-0.2, 0) is 6.61 Å². The third kappa shape index (κ3) is 3.89. The maximum atomic E-state index is 11.0. The highest BCUT2D eigenvalue weighted by Crippen LogP contribution is 2.27. The van der Waals surface area contributed by atoms with Gasteiger partial charge in [0.05, 0.1) is 4.92 Å². The van der Waals surface area contributed by atoms with Crippen molar-refractivity contribution in [3.05, 3.63) is 94.5 Å². The van der Waals surface area contributed by atoms with E-state index in [1.165, 1.54) is 6.07 Å². The Morgan fingerprint density at radius 2 is 1.54 bits per heavy atom. The van der Waals surface area contributed by atoms with Gasteiger partial charge in [-0.1, -0.05) is 42.5 Å². The van der Waals surface area contributed by atoms with E-state index < -0.39 is 4.92 Å². The van der Waals surface area contributed by atoms with E-state index in [0.717, 1.165) is 17.0 Å². The van der Waals surface area contributed by atoms with Crippen LogP contribution in [0.5, 0.6) is 5.75 Å². The molecule has 0 saturated carbocycles. The fourth-order valence-electron chi connectivity index (χ4n) is 2.27. The number of para-hydroxylation sites is 2. The highest BCUT2D eigenvalue weighted by molar-refractivity contribution is 5.69. The smallest absolute Gasteiger partial charge is 0.292 e. The summed E-state index contributed by atoms with van der Waals surface area (Å²) in [6.45, 7) is 0.498. The molecule has 5 heteroatoms. The molecule has 5 nitrogen and oxygen atoms in total. The van der Waals surface area contributed by atoms with E-state index >= 15 is 0 Å². The molecule has 0 aliphatic heterocycles. The van der Waals surface area contributed by atoms with Crippen LogP contribution in [0.2, 0.25) is 0 Å². The predicted octanol–water partition coefficient (Wildman–Crippen LogP) is 4.92. The Morgan fingerprint density at radius 3 is 2.25 bits per heavy atom.